The fourth-order valence-electron chi connectivity index (χ4n) is 2.32. The molecule has 0 spiro atoms. The van der Waals surface area contributed by atoms with Crippen molar-refractivity contribution in [2.75, 3.05) is 13.7 Å². The van der Waals surface area contributed by atoms with Crippen LogP contribution in [0.5, 0.6) is 5.75 Å². The van der Waals surface area contributed by atoms with Crippen molar-refractivity contribution in [1.29, 1.82) is 0 Å². The molecule has 0 saturated carbocycles. The highest BCUT2D eigenvalue weighted by Gasteiger charge is 2.25. The number of ether oxygens (including phenoxy) is 1. The summed E-state index contributed by atoms with van der Waals surface area (Å²) in [5.74, 6) is 1.04. The second-order valence-electron chi connectivity index (χ2n) is 6.43. The van der Waals surface area contributed by atoms with Gasteiger partial charge in [0, 0.05) is 19.5 Å². The van der Waals surface area contributed by atoms with Crippen molar-refractivity contribution in [2.45, 2.75) is 53.1 Å². The van der Waals surface area contributed by atoms with Gasteiger partial charge in [-0.25, -0.2) is 0 Å². The Hall–Kier alpha value is -2.04. The zero-order valence-electron chi connectivity index (χ0n) is 15.5. The average Bonchev–Trinajstić information content (AvgIpc) is 2.57. The largest absolute Gasteiger partial charge is 0.497 e. The SMILES string of the molecule is CCCC(=O)N(Cc1ccc(OC)cc1)[C@@H](C)C(=O)NCC(C)C. The maximum atomic E-state index is 12.5. The quantitative estimate of drug-likeness (QED) is 0.755. The summed E-state index contributed by atoms with van der Waals surface area (Å²) in [5, 5.41) is 2.91. The molecule has 0 bridgehead atoms. The molecule has 24 heavy (non-hydrogen) atoms. The van der Waals surface area contributed by atoms with Gasteiger partial charge < -0.3 is 15.0 Å². The fraction of sp³-hybridized carbons (Fsp3) is 0.579. The highest BCUT2D eigenvalue weighted by atomic mass is 16.5. The lowest BCUT2D eigenvalue weighted by atomic mass is 10.1. The van der Waals surface area contributed by atoms with Crippen LogP contribution in [-0.4, -0.2) is 36.4 Å². The van der Waals surface area contributed by atoms with E-state index in [-0.39, 0.29) is 11.8 Å². The first-order valence-electron chi connectivity index (χ1n) is 8.59. The van der Waals surface area contributed by atoms with Crippen molar-refractivity contribution in [2.24, 2.45) is 5.92 Å². The van der Waals surface area contributed by atoms with E-state index in [1.165, 1.54) is 0 Å². The van der Waals surface area contributed by atoms with Crippen molar-refractivity contribution in [3.05, 3.63) is 29.8 Å². The van der Waals surface area contributed by atoms with Crippen LogP contribution in [0.4, 0.5) is 0 Å². The average molecular weight is 334 g/mol. The van der Waals surface area contributed by atoms with Gasteiger partial charge in [0.05, 0.1) is 7.11 Å². The molecule has 5 nitrogen and oxygen atoms in total. The predicted molar refractivity (Wildman–Crippen MR) is 95.8 cm³/mol. The second kappa shape index (κ2) is 9.96. The number of rotatable bonds is 9. The maximum Gasteiger partial charge on any atom is 0.242 e. The number of carbonyl (C=O) groups excluding carboxylic acids is 2. The molecule has 0 aliphatic carbocycles. The summed E-state index contributed by atoms with van der Waals surface area (Å²) < 4.78 is 5.16. The van der Waals surface area contributed by atoms with E-state index in [0.29, 0.717) is 25.4 Å². The summed E-state index contributed by atoms with van der Waals surface area (Å²) in [7, 11) is 1.62. The number of hydrogen-bond acceptors (Lipinski definition) is 3. The van der Waals surface area contributed by atoms with Crippen molar-refractivity contribution in [3.63, 3.8) is 0 Å². The van der Waals surface area contributed by atoms with Gasteiger partial charge in [-0.2, -0.15) is 0 Å². The Balaban J connectivity index is 2.85. The van der Waals surface area contributed by atoms with Crippen LogP contribution in [0.3, 0.4) is 0 Å². The van der Waals surface area contributed by atoms with Crippen LogP contribution >= 0.6 is 0 Å². The Bertz CT molecular complexity index is 526. The van der Waals surface area contributed by atoms with Gasteiger partial charge in [-0.3, -0.25) is 9.59 Å². The zero-order chi connectivity index (χ0) is 18.1. The number of amides is 2. The second-order valence-corrected chi connectivity index (χ2v) is 6.43. The topological polar surface area (TPSA) is 58.6 Å². The standard InChI is InChI=1S/C19H30N2O3/c1-6-7-18(22)21(15(4)19(23)20-12-14(2)3)13-16-8-10-17(24-5)11-9-16/h8-11,14-15H,6-7,12-13H2,1-5H3,(H,20,23)/t15-/m0/s1. The van der Waals surface area contributed by atoms with Crippen LogP contribution in [0.25, 0.3) is 0 Å². The highest BCUT2D eigenvalue weighted by molar-refractivity contribution is 5.87. The van der Waals surface area contributed by atoms with Gasteiger partial charge in [-0.15, -0.1) is 0 Å². The number of nitrogens with zero attached hydrogens (tertiary/aromatic N) is 1. The molecule has 134 valence electrons. The van der Waals surface area contributed by atoms with Crippen LogP contribution in [0.2, 0.25) is 0 Å². The first-order valence-corrected chi connectivity index (χ1v) is 8.59. The third kappa shape index (κ3) is 6.22. The molecule has 0 fully saturated rings. The molecule has 1 aromatic carbocycles. The van der Waals surface area contributed by atoms with Gasteiger partial charge >= 0.3 is 0 Å². The maximum absolute atomic E-state index is 12.5. The predicted octanol–water partition coefficient (Wildman–Crippen LogP) is 2.98. The van der Waals surface area contributed by atoms with E-state index >= 15 is 0 Å². The van der Waals surface area contributed by atoms with Crippen molar-refractivity contribution in [1.82, 2.24) is 10.2 Å². The molecule has 2 amide bonds. The Kier molecular flexibility index (Phi) is 8.30. The molecule has 0 aliphatic rings. The summed E-state index contributed by atoms with van der Waals surface area (Å²) >= 11 is 0. The van der Waals surface area contributed by atoms with Gasteiger partial charge in [-0.1, -0.05) is 32.9 Å². The lowest BCUT2D eigenvalue weighted by molar-refractivity contribution is -0.140. The van der Waals surface area contributed by atoms with E-state index in [2.05, 4.69) is 5.32 Å². The van der Waals surface area contributed by atoms with Crippen molar-refractivity contribution in [3.8, 4) is 5.75 Å². The molecule has 1 atom stereocenters. The number of hydrogen-bond donors (Lipinski definition) is 1. The Labute approximate surface area is 145 Å². The molecule has 0 aliphatic heterocycles. The van der Waals surface area contributed by atoms with Gasteiger partial charge in [0.2, 0.25) is 11.8 Å². The fourth-order valence-corrected chi connectivity index (χ4v) is 2.32. The zero-order valence-corrected chi connectivity index (χ0v) is 15.5. The smallest absolute Gasteiger partial charge is 0.242 e. The molecule has 0 unspecified atom stereocenters. The molecule has 5 heteroatoms. The molecule has 0 saturated heterocycles. The van der Waals surface area contributed by atoms with E-state index in [1.54, 1.807) is 18.9 Å². The van der Waals surface area contributed by atoms with Gasteiger partial charge in [-0.05, 0) is 37.0 Å². The highest BCUT2D eigenvalue weighted by Crippen LogP contribution is 2.16. The van der Waals surface area contributed by atoms with Crippen molar-refractivity contribution < 1.29 is 14.3 Å². The lowest BCUT2D eigenvalue weighted by Crippen LogP contribution is -2.48. The van der Waals surface area contributed by atoms with Crippen LogP contribution in [0.1, 0.15) is 46.1 Å². The molecule has 0 heterocycles. The molecular formula is C19H30N2O3. The van der Waals surface area contributed by atoms with Crippen LogP contribution < -0.4 is 10.1 Å². The number of benzene rings is 1. The minimum Gasteiger partial charge on any atom is -0.497 e. The first-order chi connectivity index (χ1) is 11.4. The summed E-state index contributed by atoms with van der Waals surface area (Å²) in [4.78, 5) is 26.5. The minimum absolute atomic E-state index is 0.000477. The minimum atomic E-state index is -0.495. The normalized spacial score (nSPS) is 11.9. The van der Waals surface area contributed by atoms with E-state index in [4.69, 9.17) is 4.74 Å². The molecule has 1 N–H and O–H groups in total. The van der Waals surface area contributed by atoms with Crippen molar-refractivity contribution >= 4 is 11.8 Å². The number of carbonyl (C=O) groups is 2. The first kappa shape index (κ1) is 20.0. The summed E-state index contributed by atoms with van der Waals surface area (Å²) in [6.45, 7) is 8.87. The third-order valence-corrected chi connectivity index (χ3v) is 3.83. The van der Waals surface area contributed by atoms with Gasteiger partial charge in [0.25, 0.3) is 0 Å². The van der Waals surface area contributed by atoms with E-state index in [1.807, 2.05) is 45.0 Å². The van der Waals surface area contributed by atoms with Crippen LogP contribution in [0.15, 0.2) is 24.3 Å². The number of methoxy groups -OCH3 is 1. The Morgan fingerprint density at radius 1 is 1.17 bits per heavy atom. The molecule has 1 aromatic rings. The summed E-state index contributed by atoms with van der Waals surface area (Å²) in [6.07, 6.45) is 1.20. The molecule has 0 aromatic heterocycles. The molecular weight excluding hydrogens is 304 g/mol. The molecule has 0 radical (unpaired) electrons. The third-order valence-electron chi connectivity index (χ3n) is 3.83. The monoisotopic (exact) mass is 334 g/mol. The van der Waals surface area contributed by atoms with E-state index < -0.39 is 6.04 Å². The summed E-state index contributed by atoms with van der Waals surface area (Å²) in [6, 6.07) is 7.07. The lowest BCUT2D eigenvalue weighted by Gasteiger charge is -2.29. The van der Waals surface area contributed by atoms with Gasteiger partial charge in [0.1, 0.15) is 11.8 Å². The van der Waals surface area contributed by atoms with E-state index in [9.17, 15) is 9.59 Å². The Morgan fingerprint density at radius 3 is 2.29 bits per heavy atom. The number of nitrogens with one attached hydrogen (secondary N) is 1. The van der Waals surface area contributed by atoms with Gasteiger partial charge in [0.15, 0.2) is 0 Å². The van der Waals surface area contributed by atoms with Crippen LogP contribution in [0, 0.1) is 5.92 Å². The van der Waals surface area contributed by atoms with E-state index in [0.717, 1.165) is 17.7 Å². The molecule has 1 rings (SSSR count). The Morgan fingerprint density at radius 2 is 1.79 bits per heavy atom. The summed E-state index contributed by atoms with van der Waals surface area (Å²) in [5.41, 5.74) is 0.976. The van der Waals surface area contributed by atoms with Crippen LogP contribution in [-0.2, 0) is 16.1 Å².